The van der Waals surface area contributed by atoms with E-state index in [4.69, 9.17) is 4.74 Å². The molecule has 3 nitrogen and oxygen atoms in total. The van der Waals surface area contributed by atoms with Gasteiger partial charge in [0.1, 0.15) is 0 Å². The van der Waals surface area contributed by atoms with E-state index in [2.05, 4.69) is 0 Å². The topological polar surface area (TPSA) is 32.7 Å². The maximum atomic E-state index is 12.4. The van der Waals surface area contributed by atoms with Crippen LogP contribution in [0, 0.1) is 5.92 Å². The van der Waals surface area contributed by atoms with Gasteiger partial charge in [0.15, 0.2) is 0 Å². The number of rotatable bonds is 4. The van der Waals surface area contributed by atoms with Crippen LogP contribution in [0.25, 0.3) is 0 Å². The number of hydrogen-bond donors (Lipinski definition) is 1. The molecule has 1 atom stereocenters. The summed E-state index contributed by atoms with van der Waals surface area (Å²) in [5, 5.41) is 9.44. The van der Waals surface area contributed by atoms with E-state index in [0.717, 1.165) is 0 Å². The van der Waals surface area contributed by atoms with Crippen molar-refractivity contribution in [3.8, 4) is 0 Å². The number of halogens is 3. The van der Waals surface area contributed by atoms with Crippen molar-refractivity contribution in [2.75, 3.05) is 33.4 Å². The molecule has 16 heavy (non-hydrogen) atoms. The molecule has 1 aliphatic heterocycles. The Labute approximate surface area is 93.2 Å². The Morgan fingerprint density at radius 1 is 1.38 bits per heavy atom. The molecule has 0 bridgehead atoms. The molecule has 0 aromatic rings. The highest BCUT2D eigenvalue weighted by Gasteiger charge is 2.41. The van der Waals surface area contributed by atoms with Gasteiger partial charge in [-0.05, 0) is 25.9 Å². The second-order valence-electron chi connectivity index (χ2n) is 4.23. The van der Waals surface area contributed by atoms with Crippen LogP contribution in [0.2, 0.25) is 0 Å². The Balaban J connectivity index is 2.27. The smallest absolute Gasteiger partial charge is 0.389 e. The summed E-state index contributed by atoms with van der Waals surface area (Å²) in [6.45, 7) is 1.40. The van der Waals surface area contributed by atoms with Gasteiger partial charge in [0, 0.05) is 13.7 Å². The summed E-state index contributed by atoms with van der Waals surface area (Å²) < 4.78 is 41.9. The van der Waals surface area contributed by atoms with E-state index >= 15 is 0 Å². The van der Waals surface area contributed by atoms with Gasteiger partial charge in [-0.2, -0.15) is 13.2 Å². The van der Waals surface area contributed by atoms with E-state index in [-0.39, 0.29) is 19.4 Å². The molecule has 1 rings (SSSR count). The summed E-state index contributed by atoms with van der Waals surface area (Å²) in [6.07, 6.45) is -4.43. The molecule has 1 heterocycles. The molecule has 0 spiro atoms. The van der Waals surface area contributed by atoms with E-state index in [9.17, 15) is 18.3 Å². The van der Waals surface area contributed by atoms with Crippen LogP contribution in [0.3, 0.4) is 0 Å². The van der Waals surface area contributed by atoms with Crippen molar-refractivity contribution in [2.45, 2.75) is 25.1 Å². The van der Waals surface area contributed by atoms with Gasteiger partial charge < -0.3 is 14.7 Å². The maximum absolute atomic E-state index is 12.4. The molecule has 0 amide bonds. The molecular weight excluding hydrogens is 223 g/mol. The van der Waals surface area contributed by atoms with Gasteiger partial charge in [0.25, 0.3) is 0 Å². The van der Waals surface area contributed by atoms with Crippen LogP contribution >= 0.6 is 0 Å². The maximum Gasteiger partial charge on any atom is 0.391 e. The number of nitrogens with zero attached hydrogens (tertiary/aromatic N) is 1. The van der Waals surface area contributed by atoms with Crippen LogP contribution in [0.4, 0.5) is 13.2 Å². The first kappa shape index (κ1) is 13.7. The normalized spacial score (nSPS) is 22.3. The number of ether oxygens (including phenoxy) is 1. The number of aliphatic hydroxyl groups is 1. The van der Waals surface area contributed by atoms with Gasteiger partial charge in [-0.25, -0.2) is 0 Å². The average Bonchev–Trinajstić information content (AvgIpc) is 2.17. The number of methoxy groups -OCH3 is 1. The lowest BCUT2D eigenvalue weighted by Gasteiger charge is -2.33. The van der Waals surface area contributed by atoms with E-state index < -0.39 is 18.2 Å². The molecule has 1 saturated heterocycles. The SMILES string of the molecule is COC[C@H](O)CN1CCC(C(F)(F)F)CC1. The largest absolute Gasteiger partial charge is 0.391 e. The minimum Gasteiger partial charge on any atom is -0.389 e. The second-order valence-corrected chi connectivity index (χ2v) is 4.23. The quantitative estimate of drug-likeness (QED) is 0.804. The summed E-state index contributed by atoms with van der Waals surface area (Å²) in [7, 11) is 1.49. The van der Waals surface area contributed by atoms with Crippen molar-refractivity contribution in [1.82, 2.24) is 4.90 Å². The van der Waals surface area contributed by atoms with E-state index in [1.165, 1.54) is 7.11 Å². The third-order valence-electron chi connectivity index (χ3n) is 2.88. The first-order chi connectivity index (χ1) is 7.43. The lowest BCUT2D eigenvalue weighted by Crippen LogP contribution is -2.43. The van der Waals surface area contributed by atoms with Gasteiger partial charge in [0.05, 0.1) is 18.6 Å². The molecule has 96 valence electrons. The molecule has 0 radical (unpaired) electrons. The van der Waals surface area contributed by atoms with Crippen LogP contribution in [0.5, 0.6) is 0 Å². The van der Waals surface area contributed by atoms with Gasteiger partial charge in [0.2, 0.25) is 0 Å². The average molecular weight is 241 g/mol. The summed E-state index contributed by atoms with van der Waals surface area (Å²) >= 11 is 0. The highest BCUT2D eigenvalue weighted by molar-refractivity contribution is 4.78. The van der Waals surface area contributed by atoms with Crippen LogP contribution in [0.15, 0.2) is 0 Å². The third kappa shape index (κ3) is 4.27. The standard InChI is InChI=1S/C10H18F3NO2/c1-16-7-9(15)6-14-4-2-8(3-5-14)10(11,12)13/h8-9,15H,2-7H2,1H3/t9-/m1/s1. The fourth-order valence-corrected chi connectivity index (χ4v) is 1.99. The molecule has 6 heteroatoms. The van der Waals surface area contributed by atoms with Crippen molar-refractivity contribution in [3.63, 3.8) is 0 Å². The van der Waals surface area contributed by atoms with Crippen LogP contribution in [0.1, 0.15) is 12.8 Å². The fraction of sp³-hybridized carbons (Fsp3) is 1.00. The second kappa shape index (κ2) is 5.84. The summed E-state index contributed by atoms with van der Waals surface area (Å²) in [5.41, 5.74) is 0. The van der Waals surface area contributed by atoms with Crippen molar-refractivity contribution >= 4 is 0 Å². The zero-order valence-electron chi connectivity index (χ0n) is 9.33. The molecule has 1 aliphatic rings. The van der Waals surface area contributed by atoms with Crippen molar-refractivity contribution < 1.29 is 23.0 Å². The number of alkyl halides is 3. The highest BCUT2D eigenvalue weighted by Crippen LogP contribution is 2.33. The number of piperidine rings is 1. The Kier molecular flexibility index (Phi) is 5.01. The molecule has 0 aromatic carbocycles. The molecule has 0 saturated carbocycles. The minimum absolute atomic E-state index is 0.128. The van der Waals surface area contributed by atoms with Crippen molar-refractivity contribution in [2.24, 2.45) is 5.92 Å². The van der Waals surface area contributed by atoms with E-state index in [1.54, 1.807) is 0 Å². The van der Waals surface area contributed by atoms with Gasteiger partial charge >= 0.3 is 6.18 Å². The van der Waals surface area contributed by atoms with Gasteiger partial charge in [-0.1, -0.05) is 0 Å². The minimum atomic E-state index is -4.07. The third-order valence-corrected chi connectivity index (χ3v) is 2.88. The molecular formula is C10H18F3NO2. The number of β-amino-alcohol motifs (C(OH)–C–C–N with tert-alkyl or cyclic N) is 1. The Bertz CT molecular complexity index is 203. The number of aliphatic hydroxyl groups excluding tert-OH is 1. The number of hydrogen-bond acceptors (Lipinski definition) is 3. The molecule has 1 fully saturated rings. The lowest BCUT2D eigenvalue weighted by molar-refractivity contribution is -0.185. The first-order valence-electron chi connectivity index (χ1n) is 5.39. The fourth-order valence-electron chi connectivity index (χ4n) is 1.99. The molecule has 0 aliphatic carbocycles. The zero-order chi connectivity index (χ0) is 12.2. The summed E-state index contributed by atoms with van der Waals surface area (Å²) in [5.74, 6) is -1.18. The Hall–Kier alpha value is -0.330. The Morgan fingerprint density at radius 3 is 2.38 bits per heavy atom. The summed E-state index contributed by atoms with van der Waals surface area (Å²) in [4.78, 5) is 1.85. The molecule has 0 unspecified atom stereocenters. The van der Waals surface area contributed by atoms with Crippen molar-refractivity contribution in [1.29, 1.82) is 0 Å². The van der Waals surface area contributed by atoms with Gasteiger partial charge in [-0.3, -0.25) is 0 Å². The predicted molar refractivity (Wildman–Crippen MR) is 53.1 cm³/mol. The van der Waals surface area contributed by atoms with E-state index in [0.29, 0.717) is 19.6 Å². The predicted octanol–water partition coefficient (Wildman–Crippen LogP) is 1.27. The molecule has 0 aromatic heterocycles. The van der Waals surface area contributed by atoms with Crippen molar-refractivity contribution in [3.05, 3.63) is 0 Å². The van der Waals surface area contributed by atoms with Gasteiger partial charge in [-0.15, -0.1) is 0 Å². The lowest BCUT2D eigenvalue weighted by atomic mass is 9.96. The Morgan fingerprint density at radius 2 is 1.94 bits per heavy atom. The number of likely N-dealkylation sites (tertiary alicyclic amines) is 1. The first-order valence-corrected chi connectivity index (χ1v) is 5.39. The van der Waals surface area contributed by atoms with E-state index in [1.807, 2.05) is 4.90 Å². The van der Waals surface area contributed by atoms with Crippen LogP contribution < -0.4 is 0 Å². The highest BCUT2D eigenvalue weighted by atomic mass is 19.4. The zero-order valence-corrected chi connectivity index (χ0v) is 9.33. The van der Waals surface area contributed by atoms with Crippen LogP contribution in [-0.2, 0) is 4.74 Å². The monoisotopic (exact) mass is 241 g/mol. The van der Waals surface area contributed by atoms with Crippen LogP contribution in [-0.4, -0.2) is 55.6 Å². The molecule has 1 N–H and O–H groups in total. The summed E-state index contributed by atoms with van der Waals surface area (Å²) in [6, 6.07) is 0.